The summed E-state index contributed by atoms with van der Waals surface area (Å²) in [6.07, 6.45) is 3.63. The van der Waals surface area contributed by atoms with Crippen LogP contribution in [0.3, 0.4) is 0 Å². The Kier molecular flexibility index (Phi) is 4.59. The predicted octanol–water partition coefficient (Wildman–Crippen LogP) is 6.00. The molecule has 0 aliphatic heterocycles. The molecule has 0 saturated carbocycles. The van der Waals surface area contributed by atoms with Gasteiger partial charge < -0.3 is 4.74 Å². The minimum Gasteiger partial charge on any atom is -0.489 e. The SMILES string of the molecule is Cc1ccc(OCc2ccn3ncc(-c4ccc(C(C)(F)F)cc4)c3c2)cc1. The lowest BCUT2D eigenvalue weighted by Gasteiger charge is -2.11. The van der Waals surface area contributed by atoms with Crippen LogP contribution in [0.1, 0.15) is 23.6 Å². The Hall–Kier alpha value is -3.21. The van der Waals surface area contributed by atoms with Gasteiger partial charge in [-0.2, -0.15) is 5.10 Å². The zero-order valence-electron chi connectivity index (χ0n) is 15.7. The second kappa shape index (κ2) is 7.08. The van der Waals surface area contributed by atoms with Crippen LogP contribution in [-0.2, 0) is 12.5 Å². The van der Waals surface area contributed by atoms with Gasteiger partial charge in [0.2, 0.25) is 0 Å². The Labute approximate surface area is 162 Å². The fourth-order valence-electron chi connectivity index (χ4n) is 3.08. The van der Waals surface area contributed by atoms with E-state index in [4.69, 9.17) is 4.74 Å². The van der Waals surface area contributed by atoms with E-state index in [-0.39, 0.29) is 5.56 Å². The van der Waals surface area contributed by atoms with E-state index in [9.17, 15) is 8.78 Å². The largest absolute Gasteiger partial charge is 0.489 e. The lowest BCUT2D eigenvalue weighted by atomic mass is 10.0. The normalized spacial score (nSPS) is 11.7. The summed E-state index contributed by atoms with van der Waals surface area (Å²) in [6.45, 7) is 3.37. The molecule has 0 bridgehead atoms. The van der Waals surface area contributed by atoms with Crippen LogP contribution in [0.2, 0.25) is 0 Å². The first-order chi connectivity index (χ1) is 13.4. The predicted molar refractivity (Wildman–Crippen MR) is 106 cm³/mol. The molecule has 0 aliphatic carbocycles. The van der Waals surface area contributed by atoms with E-state index in [0.717, 1.165) is 34.9 Å². The molecule has 0 fully saturated rings. The molecule has 2 aromatic heterocycles. The van der Waals surface area contributed by atoms with Crippen LogP contribution in [0.25, 0.3) is 16.6 Å². The standard InChI is InChI=1S/C23H20F2N2O/c1-16-3-9-20(10-4-16)28-15-17-11-12-27-22(13-17)21(14-26-27)18-5-7-19(8-6-18)23(2,24)25/h3-14H,15H2,1-2H3. The van der Waals surface area contributed by atoms with Crippen LogP contribution in [0, 0.1) is 6.92 Å². The van der Waals surface area contributed by atoms with Crippen LogP contribution < -0.4 is 4.74 Å². The Bertz CT molecular complexity index is 1090. The van der Waals surface area contributed by atoms with Crippen LogP contribution in [-0.4, -0.2) is 9.61 Å². The molecule has 28 heavy (non-hydrogen) atoms. The van der Waals surface area contributed by atoms with E-state index in [1.165, 1.54) is 17.7 Å². The van der Waals surface area contributed by atoms with E-state index in [1.54, 1.807) is 22.8 Å². The van der Waals surface area contributed by atoms with Crippen molar-refractivity contribution in [1.82, 2.24) is 9.61 Å². The monoisotopic (exact) mass is 378 g/mol. The van der Waals surface area contributed by atoms with Crippen molar-refractivity contribution in [2.45, 2.75) is 26.4 Å². The summed E-state index contributed by atoms with van der Waals surface area (Å²) in [4.78, 5) is 0. The number of aryl methyl sites for hydroxylation is 1. The van der Waals surface area contributed by atoms with Crippen molar-refractivity contribution in [1.29, 1.82) is 0 Å². The van der Waals surface area contributed by atoms with Crippen molar-refractivity contribution < 1.29 is 13.5 Å². The maximum absolute atomic E-state index is 13.5. The second-order valence-corrected chi connectivity index (χ2v) is 6.99. The highest BCUT2D eigenvalue weighted by Crippen LogP contribution is 2.31. The van der Waals surface area contributed by atoms with Crippen LogP contribution in [0.5, 0.6) is 5.75 Å². The number of alkyl halides is 2. The molecule has 5 heteroatoms. The summed E-state index contributed by atoms with van der Waals surface area (Å²) in [5.41, 5.74) is 4.83. The van der Waals surface area contributed by atoms with Crippen molar-refractivity contribution in [3.63, 3.8) is 0 Å². The number of hydrogen-bond acceptors (Lipinski definition) is 2. The van der Waals surface area contributed by atoms with Gasteiger partial charge in [-0.15, -0.1) is 0 Å². The number of fused-ring (bicyclic) bond motifs is 1. The molecular weight excluding hydrogens is 358 g/mol. The summed E-state index contributed by atoms with van der Waals surface area (Å²) in [5, 5.41) is 4.36. The molecule has 0 amide bonds. The van der Waals surface area contributed by atoms with Gasteiger partial charge in [0.05, 0.1) is 11.7 Å². The number of halogens is 2. The van der Waals surface area contributed by atoms with Crippen LogP contribution >= 0.6 is 0 Å². The second-order valence-electron chi connectivity index (χ2n) is 6.99. The van der Waals surface area contributed by atoms with Gasteiger partial charge in [0.15, 0.2) is 0 Å². The summed E-state index contributed by atoms with van der Waals surface area (Å²) in [5.74, 6) is -2.03. The van der Waals surface area contributed by atoms with E-state index in [1.807, 2.05) is 49.5 Å². The Balaban J connectivity index is 1.60. The molecule has 2 aromatic carbocycles. The molecule has 0 aliphatic rings. The molecule has 0 unspecified atom stereocenters. The average molecular weight is 378 g/mol. The molecule has 4 aromatic rings. The molecule has 0 atom stereocenters. The minimum atomic E-state index is -2.85. The van der Waals surface area contributed by atoms with Gasteiger partial charge in [-0.3, -0.25) is 0 Å². The number of aromatic nitrogens is 2. The first kappa shape index (κ1) is 18.2. The first-order valence-electron chi connectivity index (χ1n) is 9.05. The topological polar surface area (TPSA) is 26.5 Å². The molecule has 0 spiro atoms. The summed E-state index contributed by atoms with van der Waals surface area (Å²) < 4.78 is 34.5. The van der Waals surface area contributed by atoms with Crippen LogP contribution in [0.4, 0.5) is 8.78 Å². The van der Waals surface area contributed by atoms with Gasteiger partial charge >= 0.3 is 0 Å². The highest BCUT2D eigenvalue weighted by atomic mass is 19.3. The molecule has 3 nitrogen and oxygen atoms in total. The molecule has 2 heterocycles. The third kappa shape index (κ3) is 3.74. The minimum absolute atomic E-state index is 0.0000826. The number of nitrogens with zero attached hydrogens (tertiary/aromatic N) is 2. The first-order valence-corrected chi connectivity index (χ1v) is 9.05. The Morgan fingerprint density at radius 2 is 1.71 bits per heavy atom. The van der Waals surface area contributed by atoms with Crippen molar-refractivity contribution in [2.75, 3.05) is 0 Å². The molecule has 4 rings (SSSR count). The highest BCUT2D eigenvalue weighted by molar-refractivity contribution is 5.80. The van der Waals surface area contributed by atoms with Gasteiger partial charge in [-0.05, 0) is 42.3 Å². The number of ether oxygens (including phenoxy) is 1. The summed E-state index contributed by atoms with van der Waals surface area (Å²) in [7, 11) is 0. The van der Waals surface area contributed by atoms with Crippen molar-refractivity contribution in [3.8, 4) is 16.9 Å². The third-order valence-electron chi connectivity index (χ3n) is 4.72. The van der Waals surface area contributed by atoms with E-state index in [2.05, 4.69) is 5.10 Å². The molecule has 0 saturated heterocycles. The molecule has 0 radical (unpaired) electrons. The van der Waals surface area contributed by atoms with Crippen molar-refractivity contribution in [2.24, 2.45) is 0 Å². The smallest absolute Gasteiger partial charge is 0.270 e. The number of rotatable bonds is 5. The lowest BCUT2D eigenvalue weighted by Crippen LogP contribution is -2.06. The number of hydrogen-bond donors (Lipinski definition) is 0. The lowest BCUT2D eigenvalue weighted by molar-refractivity contribution is 0.0175. The molecule has 142 valence electrons. The maximum Gasteiger partial charge on any atom is 0.270 e. The summed E-state index contributed by atoms with van der Waals surface area (Å²) >= 11 is 0. The highest BCUT2D eigenvalue weighted by Gasteiger charge is 2.23. The van der Waals surface area contributed by atoms with Gasteiger partial charge in [0.1, 0.15) is 12.4 Å². The van der Waals surface area contributed by atoms with Gasteiger partial charge in [0, 0.05) is 24.2 Å². The molecule has 0 N–H and O–H groups in total. The van der Waals surface area contributed by atoms with E-state index >= 15 is 0 Å². The zero-order valence-corrected chi connectivity index (χ0v) is 15.7. The Morgan fingerprint density at radius 1 is 1.00 bits per heavy atom. The maximum atomic E-state index is 13.5. The third-order valence-corrected chi connectivity index (χ3v) is 4.72. The van der Waals surface area contributed by atoms with Gasteiger partial charge in [-0.1, -0.05) is 42.0 Å². The van der Waals surface area contributed by atoms with Gasteiger partial charge in [0.25, 0.3) is 5.92 Å². The zero-order chi connectivity index (χ0) is 19.7. The number of benzene rings is 2. The van der Waals surface area contributed by atoms with E-state index in [0.29, 0.717) is 6.61 Å². The quantitative estimate of drug-likeness (QED) is 0.426. The number of pyridine rings is 1. The fourth-order valence-corrected chi connectivity index (χ4v) is 3.08. The van der Waals surface area contributed by atoms with Gasteiger partial charge in [-0.25, -0.2) is 13.3 Å². The summed E-state index contributed by atoms with van der Waals surface area (Å²) in [6, 6.07) is 18.2. The average Bonchev–Trinajstić information content (AvgIpc) is 3.10. The van der Waals surface area contributed by atoms with Crippen molar-refractivity contribution >= 4 is 5.52 Å². The molecular formula is C23H20F2N2O. The van der Waals surface area contributed by atoms with E-state index < -0.39 is 5.92 Å². The fraction of sp³-hybridized carbons (Fsp3) is 0.174. The Morgan fingerprint density at radius 3 is 2.39 bits per heavy atom. The van der Waals surface area contributed by atoms with Crippen LogP contribution in [0.15, 0.2) is 73.1 Å². The van der Waals surface area contributed by atoms with Crippen molar-refractivity contribution in [3.05, 3.63) is 89.7 Å².